The van der Waals surface area contributed by atoms with Gasteiger partial charge in [-0.3, -0.25) is 4.79 Å². The van der Waals surface area contributed by atoms with E-state index in [0.717, 1.165) is 16.8 Å². The van der Waals surface area contributed by atoms with Crippen LogP contribution in [0.1, 0.15) is 35.2 Å². The molecule has 0 aromatic heterocycles. The number of nitrogens with zero attached hydrogens (tertiary/aromatic N) is 2. The molecule has 0 spiro atoms. The summed E-state index contributed by atoms with van der Waals surface area (Å²) in [6, 6.07) is 14.0. The van der Waals surface area contributed by atoms with Gasteiger partial charge in [0, 0.05) is 19.8 Å². The Bertz CT molecular complexity index is 767. The van der Waals surface area contributed by atoms with Crippen LogP contribution < -0.4 is 10.2 Å². The van der Waals surface area contributed by atoms with Crippen molar-refractivity contribution in [3.05, 3.63) is 64.7 Å². The standard InChI is InChI=1S/C21H27N3O2/c1-15-6-9-19(12-16(15)2)17(3)23-21(25)14-26-22-13-18-7-10-20(11-8-18)24(4)5/h6-13,17H,14H2,1-5H3,(H,23,25)/b22-13+. The fraction of sp³-hybridized carbons (Fsp3) is 0.333. The first-order chi connectivity index (χ1) is 12.4. The zero-order valence-electron chi connectivity index (χ0n) is 16.1. The number of nitrogens with one attached hydrogen (secondary N) is 1. The van der Waals surface area contributed by atoms with E-state index in [9.17, 15) is 4.79 Å². The zero-order valence-corrected chi connectivity index (χ0v) is 16.1. The molecule has 0 saturated heterocycles. The van der Waals surface area contributed by atoms with E-state index in [1.165, 1.54) is 11.1 Å². The Kier molecular flexibility index (Phi) is 6.78. The van der Waals surface area contributed by atoms with Gasteiger partial charge in [-0.2, -0.15) is 0 Å². The third kappa shape index (κ3) is 5.62. The van der Waals surface area contributed by atoms with Crippen molar-refractivity contribution in [3.63, 3.8) is 0 Å². The van der Waals surface area contributed by atoms with Crippen LogP contribution in [-0.4, -0.2) is 32.8 Å². The third-order valence-electron chi connectivity index (χ3n) is 4.29. The number of rotatable bonds is 7. The Balaban J connectivity index is 1.79. The SMILES string of the molecule is Cc1ccc(C(C)NC(=O)CO/N=C/c2ccc(N(C)C)cc2)cc1C. The number of benzene rings is 2. The lowest BCUT2D eigenvalue weighted by Crippen LogP contribution is -2.29. The molecule has 5 heteroatoms. The average Bonchev–Trinajstić information content (AvgIpc) is 2.61. The van der Waals surface area contributed by atoms with Crippen LogP contribution in [0.25, 0.3) is 0 Å². The van der Waals surface area contributed by atoms with Crippen LogP contribution in [0.15, 0.2) is 47.6 Å². The summed E-state index contributed by atoms with van der Waals surface area (Å²) in [6.45, 7) is 5.98. The predicted octanol–water partition coefficient (Wildman–Crippen LogP) is 3.60. The molecule has 0 aliphatic heterocycles. The number of hydrogen-bond acceptors (Lipinski definition) is 4. The highest BCUT2D eigenvalue weighted by molar-refractivity contribution is 5.80. The molecule has 1 atom stereocenters. The molecule has 0 aliphatic carbocycles. The normalized spacial score (nSPS) is 12.0. The van der Waals surface area contributed by atoms with Crippen molar-refractivity contribution in [2.24, 2.45) is 5.16 Å². The van der Waals surface area contributed by atoms with Crippen LogP contribution in [0, 0.1) is 13.8 Å². The van der Waals surface area contributed by atoms with Crippen molar-refractivity contribution in [1.82, 2.24) is 5.32 Å². The second-order valence-electron chi connectivity index (χ2n) is 6.63. The molecule has 2 rings (SSSR count). The summed E-state index contributed by atoms with van der Waals surface area (Å²) in [5, 5.41) is 6.78. The quantitative estimate of drug-likeness (QED) is 0.611. The summed E-state index contributed by atoms with van der Waals surface area (Å²) in [4.78, 5) is 19.1. The molecule has 1 unspecified atom stereocenters. The molecular formula is C21H27N3O2. The Hall–Kier alpha value is -2.82. The van der Waals surface area contributed by atoms with Gasteiger partial charge in [0.1, 0.15) is 0 Å². The van der Waals surface area contributed by atoms with Crippen molar-refractivity contribution in [1.29, 1.82) is 0 Å². The molecule has 2 aromatic rings. The highest BCUT2D eigenvalue weighted by Gasteiger charge is 2.10. The fourth-order valence-corrected chi connectivity index (χ4v) is 2.45. The third-order valence-corrected chi connectivity index (χ3v) is 4.29. The number of aryl methyl sites for hydroxylation is 2. The Morgan fingerprint density at radius 3 is 2.46 bits per heavy atom. The molecule has 0 heterocycles. The summed E-state index contributed by atoms with van der Waals surface area (Å²) in [5.41, 5.74) is 5.56. The molecule has 1 N–H and O–H groups in total. The Labute approximate surface area is 155 Å². The van der Waals surface area contributed by atoms with E-state index in [0.29, 0.717) is 0 Å². The van der Waals surface area contributed by atoms with E-state index >= 15 is 0 Å². The van der Waals surface area contributed by atoms with Crippen LogP contribution in [0.2, 0.25) is 0 Å². The van der Waals surface area contributed by atoms with Crippen LogP contribution in [0.3, 0.4) is 0 Å². The lowest BCUT2D eigenvalue weighted by Gasteiger charge is -2.15. The first-order valence-electron chi connectivity index (χ1n) is 8.66. The summed E-state index contributed by atoms with van der Waals surface area (Å²) >= 11 is 0. The maximum atomic E-state index is 12.0. The van der Waals surface area contributed by atoms with Crippen molar-refractivity contribution in [2.45, 2.75) is 26.8 Å². The van der Waals surface area contributed by atoms with Gasteiger partial charge < -0.3 is 15.1 Å². The second-order valence-corrected chi connectivity index (χ2v) is 6.63. The number of amides is 1. The molecule has 0 saturated carbocycles. The predicted molar refractivity (Wildman–Crippen MR) is 107 cm³/mol. The number of anilines is 1. The zero-order chi connectivity index (χ0) is 19.1. The van der Waals surface area contributed by atoms with Gasteiger partial charge in [0.25, 0.3) is 5.91 Å². The molecule has 26 heavy (non-hydrogen) atoms. The van der Waals surface area contributed by atoms with E-state index in [-0.39, 0.29) is 18.6 Å². The van der Waals surface area contributed by atoms with E-state index in [1.54, 1.807) is 6.21 Å². The summed E-state index contributed by atoms with van der Waals surface area (Å²) in [7, 11) is 3.98. The topological polar surface area (TPSA) is 53.9 Å². The van der Waals surface area contributed by atoms with Gasteiger partial charge in [-0.05, 0) is 55.2 Å². The lowest BCUT2D eigenvalue weighted by molar-refractivity contribution is -0.126. The molecular weight excluding hydrogens is 326 g/mol. The van der Waals surface area contributed by atoms with Crippen molar-refractivity contribution >= 4 is 17.8 Å². The molecule has 0 fully saturated rings. The van der Waals surface area contributed by atoms with Crippen LogP contribution in [0.4, 0.5) is 5.69 Å². The molecule has 2 aromatic carbocycles. The van der Waals surface area contributed by atoms with Gasteiger partial charge in [0.15, 0.2) is 6.61 Å². The summed E-state index contributed by atoms with van der Waals surface area (Å²) in [5.74, 6) is -0.198. The minimum absolute atomic E-state index is 0.0760. The Morgan fingerprint density at radius 2 is 1.85 bits per heavy atom. The van der Waals surface area contributed by atoms with Gasteiger partial charge in [-0.1, -0.05) is 35.5 Å². The molecule has 0 bridgehead atoms. The number of oxime groups is 1. The lowest BCUT2D eigenvalue weighted by atomic mass is 10.0. The maximum absolute atomic E-state index is 12.0. The van der Waals surface area contributed by atoms with Crippen molar-refractivity contribution in [2.75, 3.05) is 25.6 Å². The van der Waals surface area contributed by atoms with E-state index in [4.69, 9.17) is 4.84 Å². The molecule has 1 amide bonds. The van der Waals surface area contributed by atoms with Gasteiger partial charge in [-0.25, -0.2) is 0 Å². The summed E-state index contributed by atoms with van der Waals surface area (Å²) < 4.78 is 0. The first-order valence-corrected chi connectivity index (χ1v) is 8.66. The minimum Gasteiger partial charge on any atom is -0.386 e. The van der Waals surface area contributed by atoms with E-state index in [1.807, 2.05) is 56.3 Å². The molecule has 0 aliphatic rings. The monoisotopic (exact) mass is 353 g/mol. The van der Waals surface area contributed by atoms with Gasteiger partial charge in [0.2, 0.25) is 0 Å². The van der Waals surface area contributed by atoms with Crippen LogP contribution in [-0.2, 0) is 9.63 Å². The second kappa shape index (κ2) is 9.04. The smallest absolute Gasteiger partial charge is 0.261 e. The van der Waals surface area contributed by atoms with Gasteiger partial charge in [0.05, 0.1) is 12.3 Å². The highest BCUT2D eigenvalue weighted by Crippen LogP contribution is 2.16. The van der Waals surface area contributed by atoms with Crippen LogP contribution >= 0.6 is 0 Å². The minimum atomic E-state index is -0.198. The summed E-state index contributed by atoms with van der Waals surface area (Å²) in [6.07, 6.45) is 1.60. The van der Waals surface area contributed by atoms with Gasteiger partial charge in [-0.15, -0.1) is 0 Å². The number of carbonyl (C=O) groups excluding carboxylic acids is 1. The molecule has 138 valence electrons. The van der Waals surface area contributed by atoms with Gasteiger partial charge >= 0.3 is 0 Å². The largest absolute Gasteiger partial charge is 0.386 e. The average molecular weight is 353 g/mol. The van der Waals surface area contributed by atoms with E-state index in [2.05, 4.69) is 36.5 Å². The fourth-order valence-electron chi connectivity index (χ4n) is 2.45. The van der Waals surface area contributed by atoms with E-state index < -0.39 is 0 Å². The Morgan fingerprint density at radius 1 is 1.15 bits per heavy atom. The number of hydrogen-bond donors (Lipinski definition) is 1. The number of carbonyl (C=O) groups is 1. The first kappa shape index (κ1) is 19.5. The van der Waals surface area contributed by atoms with Crippen molar-refractivity contribution < 1.29 is 9.63 Å². The molecule has 5 nitrogen and oxygen atoms in total. The molecule has 0 radical (unpaired) electrons. The highest BCUT2D eigenvalue weighted by atomic mass is 16.6. The maximum Gasteiger partial charge on any atom is 0.261 e. The van der Waals surface area contributed by atoms with Crippen molar-refractivity contribution in [3.8, 4) is 0 Å². The van der Waals surface area contributed by atoms with Crippen LogP contribution in [0.5, 0.6) is 0 Å².